The number of imidazole rings is 1. The van der Waals surface area contributed by atoms with Crippen LogP contribution >= 0.6 is 0 Å². The number of hydrogen-bond donors (Lipinski definition) is 1. The number of aryl methyl sites for hydroxylation is 1. The van der Waals surface area contributed by atoms with Gasteiger partial charge in [0, 0.05) is 12.4 Å². The third kappa shape index (κ3) is 0.744. The van der Waals surface area contributed by atoms with Crippen LogP contribution in [0.4, 0.5) is 0 Å². The first-order chi connectivity index (χ1) is 6.36. The summed E-state index contributed by atoms with van der Waals surface area (Å²) in [6, 6.07) is 4.06. The van der Waals surface area contributed by atoms with Crippen LogP contribution in [0, 0.1) is 0 Å². The highest BCUT2D eigenvalue weighted by atomic mass is 15.2. The lowest BCUT2D eigenvalue weighted by Gasteiger charge is -1.93. The highest BCUT2D eigenvalue weighted by molar-refractivity contribution is 6.02. The van der Waals surface area contributed by atoms with E-state index < -0.39 is 0 Å². The van der Waals surface area contributed by atoms with E-state index in [1.165, 1.54) is 0 Å². The number of aromatic nitrogens is 4. The van der Waals surface area contributed by atoms with Gasteiger partial charge in [0.25, 0.3) is 0 Å². The largest absolute Gasteiger partial charge is 0.345 e. The zero-order valence-corrected chi connectivity index (χ0v) is 7.15. The molecule has 0 atom stereocenters. The Labute approximate surface area is 74.2 Å². The number of aromatic amines is 1. The van der Waals surface area contributed by atoms with Gasteiger partial charge in [-0.1, -0.05) is 0 Å². The molecule has 4 heteroatoms. The van der Waals surface area contributed by atoms with E-state index in [0.29, 0.717) is 0 Å². The van der Waals surface area contributed by atoms with Crippen LogP contribution in [0.1, 0.15) is 0 Å². The molecule has 0 aliphatic rings. The van der Waals surface area contributed by atoms with Crippen molar-refractivity contribution in [2.24, 2.45) is 7.05 Å². The van der Waals surface area contributed by atoms with E-state index >= 15 is 0 Å². The Kier molecular flexibility index (Phi) is 1.07. The van der Waals surface area contributed by atoms with Crippen molar-refractivity contribution in [3.05, 3.63) is 24.7 Å². The maximum atomic E-state index is 4.25. The van der Waals surface area contributed by atoms with Crippen LogP contribution in [0.25, 0.3) is 21.9 Å². The molecule has 1 N–H and O–H groups in total. The van der Waals surface area contributed by atoms with E-state index in [0.717, 1.165) is 21.9 Å². The average molecular weight is 172 g/mol. The molecule has 1 aromatic carbocycles. The number of rotatable bonds is 0. The van der Waals surface area contributed by atoms with Crippen molar-refractivity contribution in [2.75, 3.05) is 0 Å². The van der Waals surface area contributed by atoms with Crippen LogP contribution in [-0.2, 0) is 7.05 Å². The summed E-state index contributed by atoms with van der Waals surface area (Å²) in [6.45, 7) is 0. The number of hydrogen-bond acceptors (Lipinski definition) is 2. The third-order valence-electron chi connectivity index (χ3n) is 2.32. The van der Waals surface area contributed by atoms with Gasteiger partial charge in [-0.3, -0.25) is 4.68 Å². The first-order valence-electron chi connectivity index (χ1n) is 4.10. The molecule has 0 amide bonds. The maximum absolute atomic E-state index is 4.25. The molecule has 64 valence electrons. The molecule has 2 heterocycles. The summed E-state index contributed by atoms with van der Waals surface area (Å²) in [7, 11) is 1.93. The summed E-state index contributed by atoms with van der Waals surface area (Å²) in [4.78, 5) is 7.32. The Balaban J connectivity index is 2.66. The Morgan fingerprint density at radius 1 is 1.38 bits per heavy atom. The van der Waals surface area contributed by atoms with Crippen LogP contribution in [0.15, 0.2) is 24.7 Å². The van der Waals surface area contributed by atoms with Gasteiger partial charge in [-0.05, 0) is 12.1 Å². The molecule has 2 aromatic heterocycles. The lowest BCUT2D eigenvalue weighted by atomic mass is 10.2. The Morgan fingerprint density at radius 2 is 2.31 bits per heavy atom. The molecule has 0 unspecified atom stereocenters. The highest BCUT2D eigenvalue weighted by Crippen LogP contribution is 2.21. The first-order valence-corrected chi connectivity index (χ1v) is 4.10. The number of fused-ring (bicyclic) bond motifs is 3. The molecule has 0 spiro atoms. The molecule has 0 fully saturated rings. The minimum atomic E-state index is 0.991. The van der Waals surface area contributed by atoms with Crippen molar-refractivity contribution in [1.82, 2.24) is 19.7 Å². The van der Waals surface area contributed by atoms with E-state index in [-0.39, 0.29) is 0 Å². The molecule has 0 bridgehead atoms. The minimum Gasteiger partial charge on any atom is -0.345 e. The van der Waals surface area contributed by atoms with Crippen LogP contribution in [0.2, 0.25) is 0 Å². The summed E-state index contributed by atoms with van der Waals surface area (Å²) in [5.41, 5.74) is 3.16. The number of nitrogens with zero attached hydrogens (tertiary/aromatic N) is 3. The average Bonchev–Trinajstić information content (AvgIpc) is 2.70. The van der Waals surface area contributed by atoms with E-state index in [1.54, 1.807) is 6.33 Å². The van der Waals surface area contributed by atoms with Gasteiger partial charge in [0.15, 0.2) is 0 Å². The summed E-state index contributed by atoms with van der Waals surface area (Å²) in [5, 5.41) is 5.29. The van der Waals surface area contributed by atoms with E-state index in [2.05, 4.69) is 15.1 Å². The number of H-pyrrole nitrogens is 1. The van der Waals surface area contributed by atoms with Gasteiger partial charge in [0.05, 0.1) is 29.1 Å². The van der Waals surface area contributed by atoms with Crippen LogP contribution in [0.5, 0.6) is 0 Å². The molecular weight excluding hydrogens is 164 g/mol. The normalized spacial score (nSPS) is 11.5. The topological polar surface area (TPSA) is 46.5 Å². The summed E-state index contributed by atoms with van der Waals surface area (Å²) >= 11 is 0. The Morgan fingerprint density at radius 3 is 3.23 bits per heavy atom. The van der Waals surface area contributed by atoms with E-state index in [1.807, 2.05) is 30.1 Å². The first kappa shape index (κ1) is 6.65. The predicted octanol–water partition coefficient (Wildman–Crippen LogP) is 1.45. The lowest BCUT2D eigenvalue weighted by Crippen LogP contribution is -1.87. The molecule has 0 saturated heterocycles. The molecular formula is C9H8N4. The fourth-order valence-corrected chi connectivity index (χ4v) is 1.64. The van der Waals surface area contributed by atoms with Gasteiger partial charge in [0.1, 0.15) is 0 Å². The van der Waals surface area contributed by atoms with Gasteiger partial charge < -0.3 is 4.98 Å². The van der Waals surface area contributed by atoms with Gasteiger partial charge >= 0.3 is 0 Å². The summed E-state index contributed by atoms with van der Waals surface area (Å²) in [6.07, 6.45) is 3.55. The van der Waals surface area contributed by atoms with Crippen molar-refractivity contribution in [3.8, 4) is 0 Å². The van der Waals surface area contributed by atoms with E-state index in [9.17, 15) is 0 Å². The van der Waals surface area contributed by atoms with Gasteiger partial charge in [0.2, 0.25) is 0 Å². The SMILES string of the molecule is Cn1ncc2c3nc[nH]c3ccc21. The quantitative estimate of drug-likeness (QED) is 0.557. The monoisotopic (exact) mass is 172 g/mol. The molecule has 3 aromatic rings. The highest BCUT2D eigenvalue weighted by Gasteiger charge is 2.04. The lowest BCUT2D eigenvalue weighted by molar-refractivity contribution is 0.797. The molecule has 0 saturated carbocycles. The Bertz CT molecular complexity index is 575. The van der Waals surface area contributed by atoms with Crippen molar-refractivity contribution in [2.45, 2.75) is 0 Å². The predicted molar refractivity (Wildman–Crippen MR) is 50.4 cm³/mol. The van der Waals surface area contributed by atoms with Crippen LogP contribution in [0.3, 0.4) is 0 Å². The standard InChI is InChI=1S/C9H8N4/c1-13-8-3-2-7-9(11-5-10-7)6(8)4-12-13/h2-5H,1H3,(H,10,11). The third-order valence-corrected chi connectivity index (χ3v) is 2.32. The van der Waals surface area contributed by atoms with Gasteiger partial charge in [-0.2, -0.15) is 5.10 Å². The molecule has 0 aliphatic carbocycles. The smallest absolute Gasteiger partial charge is 0.0992 e. The molecule has 4 nitrogen and oxygen atoms in total. The Hall–Kier alpha value is -1.84. The van der Waals surface area contributed by atoms with Crippen molar-refractivity contribution in [3.63, 3.8) is 0 Å². The fraction of sp³-hybridized carbons (Fsp3) is 0.111. The van der Waals surface area contributed by atoms with Gasteiger partial charge in [-0.15, -0.1) is 0 Å². The van der Waals surface area contributed by atoms with Crippen LogP contribution in [-0.4, -0.2) is 19.7 Å². The zero-order valence-electron chi connectivity index (χ0n) is 7.15. The van der Waals surface area contributed by atoms with Crippen molar-refractivity contribution in [1.29, 1.82) is 0 Å². The molecule has 3 rings (SSSR count). The fourth-order valence-electron chi connectivity index (χ4n) is 1.64. The second-order valence-corrected chi connectivity index (χ2v) is 3.07. The molecule has 0 radical (unpaired) electrons. The zero-order chi connectivity index (χ0) is 8.84. The second-order valence-electron chi connectivity index (χ2n) is 3.07. The summed E-state index contributed by atoms with van der Waals surface area (Å²) < 4.78 is 1.85. The molecule has 13 heavy (non-hydrogen) atoms. The molecule has 0 aliphatic heterocycles. The summed E-state index contributed by atoms with van der Waals surface area (Å²) in [5.74, 6) is 0. The minimum absolute atomic E-state index is 0.991. The maximum Gasteiger partial charge on any atom is 0.0992 e. The van der Waals surface area contributed by atoms with E-state index in [4.69, 9.17) is 0 Å². The number of benzene rings is 1. The van der Waals surface area contributed by atoms with Crippen molar-refractivity contribution < 1.29 is 0 Å². The van der Waals surface area contributed by atoms with Crippen LogP contribution < -0.4 is 0 Å². The van der Waals surface area contributed by atoms with Crippen molar-refractivity contribution >= 4 is 21.9 Å². The second kappa shape index (κ2) is 2.10. The number of nitrogens with one attached hydrogen (secondary N) is 1. The van der Waals surface area contributed by atoms with Gasteiger partial charge in [-0.25, -0.2) is 4.98 Å².